The molecule has 0 bridgehead atoms. The average Bonchev–Trinajstić information content (AvgIpc) is 2.54. The van der Waals surface area contributed by atoms with Crippen LogP contribution in [0.3, 0.4) is 0 Å². The van der Waals surface area contributed by atoms with Crippen molar-refractivity contribution in [2.45, 2.75) is 38.8 Å². The molecule has 2 atom stereocenters. The van der Waals surface area contributed by atoms with Crippen molar-refractivity contribution in [2.24, 2.45) is 11.8 Å². The highest BCUT2D eigenvalue weighted by Gasteiger charge is 2.43. The van der Waals surface area contributed by atoms with Crippen LogP contribution < -0.4 is 10.1 Å². The van der Waals surface area contributed by atoms with Crippen LogP contribution in [0.4, 0.5) is 18.9 Å². The van der Waals surface area contributed by atoms with Gasteiger partial charge in [0.1, 0.15) is 5.75 Å². The van der Waals surface area contributed by atoms with E-state index in [0.717, 1.165) is 0 Å². The SMILES string of the molecule is Cc1cc(OCC(=O)O)ccc1NC(=O)C1CCCC(C(F)(F)F)C1. The van der Waals surface area contributed by atoms with Crippen molar-refractivity contribution < 1.29 is 32.6 Å². The van der Waals surface area contributed by atoms with Crippen LogP contribution in [0.15, 0.2) is 18.2 Å². The summed E-state index contributed by atoms with van der Waals surface area (Å²) in [4.78, 5) is 22.8. The lowest BCUT2D eigenvalue weighted by atomic mass is 9.80. The first kappa shape index (κ1) is 19.1. The Kier molecular flexibility index (Phi) is 5.92. The van der Waals surface area contributed by atoms with Crippen molar-refractivity contribution >= 4 is 17.6 Å². The monoisotopic (exact) mass is 359 g/mol. The van der Waals surface area contributed by atoms with Gasteiger partial charge in [-0.15, -0.1) is 0 Å². The lowest BCUT2D eigenvalue weighted by Gasteiger charge is -2.29. The van der Waals surface area contributed by atoms with Gasteiger partial charge in [0, 0.05) is 11.6 Å². The summed E-state index contributed by atoms with van der Waals surface area (Å²) in [5.74, 6) is -3.27. The minimum atomic E-state index is -4.27. The Morgan fingerprint density at radius 2 is 2.04 bits per heavy atom. The van der Waals surface area contributed by atoms with Crippen molar-refractivity contribution in [2.75, 3.05) is 11.9 Å². The first-order chi connectivity index (χ1) is 11.7. The molecule has 0 aromatic heterocycles. The minimum absolute atomic E-state index is 0.0714. The van der Waals surface area contributed by atoms with E-state index >= 15 is 0 Å². The van der Waals surface area contributed by atoms with Gasteiger partial charge in [-0.1, -0.05) is 6.42 Å². The molecule has 1 aromatic carbocycles. The second-order valence-electron chi connectivity index (χ2n) is 6.25. The fourth-order valence-corrected chi connectivity index (χ4v) is 2.97. The fourth-order valence-electron chi connectivity index (χ4n) is 2.97. The van der Waals surface area contributed by atoms with E-state index in [1.54, 1.807) is 19.1 Å². The van der Waals surface area contributed by atoms with Crippen LogP contribution in [-0.4, -0.2) is 29.8 Å². The second-order valence-corrected chi connectivity index (χ2v) is 6.25. The molecule has 2 N–H and O–H groups in total. The number of carboxylic acids is 1. The molecule has 1 aliphatic carbocycles. The summed E-state index contributed by atoms with van der Waals surface area (Å²) >= 11 is 0. The highest BCUT2D eigenvalue weighted by atomic mass is 19.4. The fraction of sp³-hybridized carbons (Fsp3) is 0.529. The van der Waals surface area contributed by atoms with Crippen LogP contribution in [0.2, 0.25) is 0 Å². The number of carboxylic acid groups (broad SMARTS) is 1. The number of benzene rings is 1. The summed E-state index contributed by atoms with van der Waals surface area (Å²) in [5, 5.41) is 11.2. The van der Waals surface area contributed by atoms with E-state index in [0.29, 0.717) is 29.8 Å². The zero-order valence-corrected chi connectivity index (χ0v) is 13.7. The van der Waals surface area contributed by atoms with Gasteiger partial charge in [-0.2, -0.15) is 13.2 Å². The number of anilines is 1. The van der Waals surface area contributed by atoms with Crippen LogP contribution >= 0.6 is 0 Å². The van der Waals surface area contributed by atoms with E-state index in [4.69, 9.17) is 9.84 Å². The van der Waals surface area contributed by atoms with Crippen LogP contribution in [-0.2, 0) is 9.59 Å². The highest BCUT2D eigenvalue weighted by Crippen LogP contribution is 2.40. The lowest BCUT2D eigenvalue weighted by molar-refractivity contribution is -0.185. The molecular weight excluding hydrogens is 339 g/mol. The maximum Gasteiger partial charge on any atom is 0.391 e. The Morgan fingerprint density at radius 3 is 2.64 bits per heavy atom. The molecule has 2 unspecified atom stereocenters. The van der Waals surface area contributed by atoms with Crippen LogP contribution in [0.25, 0.3) is 0 Å². The molecular formula is C17H20F3NO4. The Labute approximate surface area is 143 Å². The summed E-state index contributed by atoms with van der Waals surface area (Å²) in [6, 6.07) is 4.62. The molecule has 1 amide bonds. The standard InChI is InChI=1S/C17H20F3NO4/c1-10-7-13(25-9-15(22)23)5-6-14(10)21-16(24)11-3-2-4-12(8-11)17(18,19)20/h5-7,11-12H,2-4,8-9H2,1H3,(H,21,24)(H,22,23). The van der Waals surface area contributed by atoms with Crippen molar-refractivity contribution in [3.8, 4) is 5.75 Å². The number of aliphatic carboxylic acids is 1. The van der Waals surface area contributed by atoms with Crippen molar-refractivity contribution in [1.29, 1.82) is 0 Å². The van der Waals surface area contributed by atoms with Gasteiger partial charge in [-0.3, -0.25) is 4.79 Å². The normalized spacial score (nSPS) is 20.8. The van der Waals surface area contributed by atoms with Gasteiger partial charge in [0.05, 0.1) is 5.92 Å². The molecule has 0 spiro atoms. The third kappa shape index (κ3) is 5.37. The highest BCUT2D eigenvalue weighted by molar-refractivity contribution is 5.93. The number of ether oxygens (including phenoxy) is 1. The molecule has 0 radical (unpaired) electrons. The topological polar surface area (TPSA) is 75.6 Å². The first-order valence-electron chi connectivity index (χ1n) is 7.99. The van der Waals surface area contributed by atoms with E-state index in [2.05, 4.69) is 5.32 Å². The Morgan fingerprint density at radius 1 is 1.32 bits per heavy atom. The molecule has 8 heteroatoms. The Balaban J connectivity index is 1.99. The Bertz CT molecular complexity index is 645. The first-order valence-corrected chi connectivity index (χ1v) is 7.99. The molecule has 0 saturated heterocycles. The lowest BCUT2D eigenvalue weighted by Crippen LogP contribution is -2.34. The quantitative estimate of drug-likeness (QED) is 0.839. The number of aryl methyl sites for hydroxylation is 1. The summed E-state index contributed by atoms with van der Waals surface area (Å²) in [7, 11) is 0. The summed E-state index contributed by atoms with van der Waals surface area (Å²) in [6.07, 6.45) is -3.56. The maximum atomic E-state index is 12.9. The molecule has 1 saturated carbocycles. The summed E-state index contributed by atoms with van der Waals surface area (Å²) < 4.78 is 43.6. The largest absolute Gasteiger partial charge is 0.482 e. The van der Waals surface area contributed by atoms with Gasteiger partial charge >= 0.3 is 12.1 Å². The zero-order chi connectivity index (χ0) is 18.6. The molecule has 138 valence electrons. The number of amides is 1. The third-order valence-corrected chi connectivity index (χ3v) is 4.33. The number of hydrogen-bond acceptors (Lipinski definition) is 3. The molecule has 5 nitrogen and oxygen atoms in total. The van der Waals surface area contributed by atoms with Gasteiger partial charge in [0.2, 0.25) is 5.91 Å². The third-order valence-electron chi connectivity index (χ3n) is 4.33. The minimum Gasteiger partial charge on any atom is -0.482 e. The molecule has 1 aliphatic rings. The van der Waals surface area contributed by atoms with Crippen molar-refractivity contribution in [3.63, 3.8) is 0 Å². The smallest absolute Gasteiger partial charge is 0.391 e. The number of carbonyl (C=O) groups is 2. The summed E-state index contributed by atoms with van der Waals surface area (Å²) in [5.41, 5.74) is 1.11. The number of rotatable bonds is 5. The average molecular weight is 359 g/mol. The van der Waals surface area contributed by atoms with Crippen LogP contribution in [0.1, 0.15) is 31.2 Å². The van der Waals surface area contributed by atoms with Crippen molar-refractivity contribution in [1.82, 2.24) is 0 Å². The van der Waals surface area contributed by atoms with E-state index in [1.807, 2.05) is 0 Å². The van der Waals surface area contributed by atoms with Gasteiger partial charge in [0.15, 0.2) is 6.61 Å². The molecule has 25 heavy (non-hydrogen) atoms. The van der Waals surface area contributed by atoms with E-state index < -0.39 is 36.5 Å². The number of carbonyl (C=O) groups excluding carboxylic acids is 1. The molecule has 2 rings (SSSR count). The zero-order valence-electron chi connectivity index (χ0n) is 13.7. The molecule has 0 heterocycles. The van der Waals surface area contributed by atoms with Crippen molar-refractivity contribution in [3.05, 3.63) is 23.8 Å². The number of nitrogens with one attached hydrogen (secondary N) is 1. The van der Waals surface area contributed by atoms with Gasteiger partial charge in [-0.05, 0) is 49.9 Å². The molecule has 0 aliphatic heterocycles. The second kappa shape index (κ2) is 7.76. The van der Waals surface area contributed by atoms with Gasteiger partial charge in [-0.25, -0.2) is 4.79 Å². The van der Waals surface area contributed by atoms with E-state index in [-0.39, 0.29) is 12.8 Å². The van der Waals surface area contributed by atoms with Crippen LogP contribution in [0, 0.1) is 18.8 Å². The van der Waals surface area contributed by atoms with E-state index in [9.17, 15) is 22.8 Å². The predicted molar refractivity (Wildman–Crippen MR) is 84.4 cm³/mol. The predicted octanol–water partition coefficient (Wildman–Crippen LogP) is 3.77. The number of alkyl halides is 3. The molecule has 1 fully saturated rings. The van der Waals surface area contributed by atoms with Crippen LogP contribution in [0.5, 0.6) is 5.75 Å². The van der Waals surface area contributed by atoms with Gasteiger partial charge < -0.3 is 15.2 Å². The molecule has 1 aromatic rings. The Hall–Kier alpha value is -2.25. The maximum absolute atomic E-state index is 12.9. The van der Waals surface area contributed by atoms with E-state index in [1.165, 1.54) is 6.07 Å². The van der Waals surface area contributed by atoms with Gasteiger partial charge in [0.25, 0.3) is 0 Å². The summed E-state index contributed by atoms with van der Waals surface area (Å²) in [6.45, 7) is 1.22. The number of hydrogen-bond donors (Lipinski definition) is 2. The number of halogens is 3.